The number of piperazine rings is 1. The fourth-order valence-electron chi connectivity index (χ4n) is 4.18. The molecule has 1 saturated heterocycles. The van der Waals surface area contributed by atoms with Crippen LogP contribution in [0.25, 0.3) is 0 Å². The van der Waals surface area contributed by atoms with Crippen LogP contribution >= 0.6 is 0 Å². The highest BCUT2D eigenvalue weighted by Gasteiger charge is 2.18. The van der Waals surface area contributed by atoms with E-state index in [1.807, 2.05) is 18.2 Å². The SMILES string of the molecule is O=C(CCc1ccccc1O)NCc1ccccc1CN1CCN(c2ccccc2)CC1. The summed E-state index contributed by atoms with van der Waals surface area (Å²) in [7, 11) is 0. The van der Waals surface area contributed by atoms with E-state index in [0.29, 0.717) is 19.4 Å². The Kier molecular flexibility index (Phi) is 7.41. The highest BCUT2D eigenvalue weighted by atomic mass is 16.3. The molecule has 1 aliphatic rings. The van der Waals surface area contributed by atoms with Crippen LogP contribution in [0.5, 0.6) is 5.75 Å². The molecule has 0 radical (unpaired) electrons. The molecule has 1 fully saturated rings. The van der Waals surface area contributed by atoms with Crippen LogP contribution in [0.4, 0.5) is 5.69 Å². The Labute approximate surface area is 190 Å². The summed E-state index contributed by atoms with van der Waals surface area (Å²) in [4.78, 5) is 17.3. The standard InChI is InChI=1S/C27H31N3O2/c31-26-13-7-6-8-22(26)14-15-27(32)28-20-23-9-4-5-10-24(23)21-29-16-18-30(19-17-29)25-11-2-1-3-12-25/h1-13,31H,14-21H2,(H,28,32). The van der Waals surface area contributed by atoms with Gasteiger partial charge in [0.2, 0.25) is 5.91 Å². The van der Waals surface area contributed by atoms with E-state index in [1.54, 1.807) is 12.1 Å². The number of phenols is 1. The van der Waals surface area contributed by atoms with Crippen molar-refractivity contribution in [2.24, 2.45) is 0 Å². The maximum atomic E-state index is 12.4. The number of aromatic hydroxyl groups is 1. The van der Waals surface area contributed by atoms with Gasteiger partial charge in [0.1, 0.15) is 5.75 Å². The number of phenolic OH excluding ortho intramolecular Hbond substituents is 1. The molecule has 5 heteroatoms. The number of amides is 1. The monoisotopic (exact) mass is 429 g/mol. The number of anilines is 1. The van der Waals surface area contributed by atoms with Crippen molar-refractivity contribution >= 4 is 11.6 Å². The zero-order chi connectivity index (χ0) is 22.2. The summed E-state index contributed by atoms with van der Waals surface area (Å²) >= 11 is 0. The second-order valence-electron chi connectivity index (χ2n) is 8.27. The molecule has 3 aromatic rings. The molecule has 0 aromatic heterocycles. The smallest absolute Gasteiger partial charge is 0.220 e. The Morgan fingerprint density at radius 3 is 2.12 bits per heavy atom. The van der Waals surface area contributed by atoms with Gasteiger partial charge in [-0.3, -0.25) is 9.69 Å². The van der Waals surface area contributed by atoms with Gasteiger partial charge in [-0.25, -0.2) is 0 Å². The Morgan fingerprint density at radius 2 is 1.41 bits per heavy atom. The van der Waals surface area contributed by atoms with E-state index >= 15 is 0 Å². The molecule has 0 atom stereocenters. The van der Waals surface area contributed by atoms with Gasteiger partial charge in [-0.1, -0.05) is 60.7 Å². The Bertz CT molecular complexity index is 1010. The van der Waals surface area contributed by atoms with Gasteiger partial charge in [0.25, 0.3) is 0 Å². The number of benzene rings is 3. The van der Waals surface area contributed by atoms with Gasteiger partial charge in [0, 0.05) is 51.4 Å². The highest BCUT2D eigenvalue weighted by Crippen LogP contribution is 2.19. The quantitative estimate of drug-likeness (QED) is 0.569. The second-order valence-corrected chi connectivity index (χ2v) is 8.27. The molecule has 3 aromatic carbocycles. The normalized spacial score (nSPS) is 14.3. The maximum Gasteiger partial charge on any atom is 0.220 e. The van der Waals surface area contributed by atoms with Crippen molar-refractivity contribution in [2.75, 3.05) is 31.1 Å². The number of hydrogen-bond acceptors (Lipinski definition) is 4. The maximum absolute atomic E-state index is 12.4. The van der Waals surface area contributed by atoms with Gasteiger partial charge in [-0.05, 0) is 41.3 Å². The lowest BCUT2D eigenvalue weighted by Gasteiger charge is -2.36. The zero-order valence-electron chi connectivity index (χ0n) is 18.4. The fourth-order valence-corrected chi connectivity index (χ4v) is 4.18. The van der Waals surface area contributed by atoms with E-state index in [9.17, 15) is 9.90 Å². The molecule has 0 bridgehead atoms. The highest BCUT2D eigenvalue weighted by molar-refractivity contribution is 5.76. The number of hydrogen-bond donors (Lipinski definition) is 2. The summed E-state index contributed by atoms with van der Waals surface area (Å²) in [6.07, 6.45) is 0.896. The van der Waals surface area contributed by atoms with E-state index in [1.165, 1.54) is 11.3 Å². The molecule has 0 unspecified atom stereocenters. The van der Waals surface area contributed by atoms with Crippen molar-refractivity contribution in [3.63, 3.8) is 0 Å². The minimum Gasteiger partial charge on any atom is -0.508 e. The summed E-state index contributed by atoms with van der Waals surface area (Å²) in [5, 5.41) is 12.9. The molecule has 0 saturated carbocycles. The van der Waals surface area contributed by atoms with Crippen LogP contribution in [0.15, 0.2) is 78.9 Å². The van der Waals surface area contributed by atoms with E-state index < -0.39 is 0 Å². The number of nitrogens with one attached hydrogen (secondary N) is 1. The van der Waals surface area contributed by atoms with E-state index in [2.05, 4.69) is 63.6 Å². The molecule has 0 spiro atoms. The fraction of sp³-hybridized carbons (Fsp3) is 0.296. The van der Waals surface area contributed by atoms with Crippen molar-refractivity contribution in [1.82, 2.24) is 10.2 Å². The number of aryl methyl sites for hydroxylation is 1. The first-order valence-corrected chi connectivity index (χ1v) is 11.3. The number of nitrogens with zero attached hydrogens (tertiary/aromatic N) is 2. The van der Waals surface area contributed by atoms with Gasteiger partial charge in [-0.2, -0.15) is 0 Å². The topological polar surface area (TPSA) is 55.8 Å². The Morgan fingerprint density at radius 1 is 0.781 bits per heavy atom. The molecule has 4 rings (SSSR count). The lowest BCUT2D eigenvalue weighted by molar-refractivity contribution is -0.121. The minimum atomic E-state index is -0.000434. The average Bonchev–Trinajstić information content (AvgIpc) is 2.84. The van der Waals surface area contributed by atoms with Crippen molar-refractivity contribution in [3.8, 4) is 5.75 Å². The van der Waals surface area contributed by atoms with Crippen LogP contribution in [0.2, 0.25) is 0 Å². The van der Waals surface area contributed by atoms with Gasteiger partial charge in [-0.15, -0.1) is 0 Å². The first kappa shape index (κ1) is 21.9. The van der Waals surface area contributed by atoms with Gasteiger partial charge in [0.05, 0.1) is 0 Å². The number of para-hydroxylation sites is 2. The molecule has 5 nitrogen and oxygen atoms in total. The van der Waals surface area contributed by atoms with E-state index in [0.717, 1.165) is 43.9 Å². The van der Waals surface area contributed by atoms with Crippen LogP contribution in [0.3, 0.4) is 0 Å². The molecule has 2 N–H and O–H groups in total. The summed E-state index contributed by atoms with van der Waals surface area (Å²) < 4.78 is 0. The van der Waals surface area contributed by atoms with Crippen LogP contribution in [0.1, 0.15) is 23.1 Å². The predicted octanol–water partition coefficient (Wildman–Crippen LogP) is 3.96. The summed E-state index contributed by atoms with van der Waals surface area (Å²) in [5.74, 6) is 0.248. The molecular weight excluding hydrogens is 398 g/mol. The lowest BCUT2D eigenvalue weighted by Crippen LogP contribution is -2.46. The minimum absolute atomic E-state index is 0.000434. The van der Waals surface area contributed by atoms with Crippen LogP contribution in [-0.2, 0) is 24.3 Å². The van der Waals surface area contributed by atoms with Gasteiger partial charge in [0.15, 0.2) is 0 Å². The van der Waals surface area contributed by atoms with E-state index in [4.69, 9.17) is 0 Å². The predicted molar refractivity (Wildman–Crippen MR) is 129 cm³/mol. The Balaban J connectivity index is 1.27. The molecule has 1 amide bonds. The summed E-state index contributed by atoms with van der Waals surface area (Å²) in [6.45, 7) is 5.52. The van der Waals surface area contributed by atoms with Crippen molar-refractivity contribution in [2.45, 2.75) is 25.9 Å². The third-order valence-electron chi connectivity index (χ3n) is 6.09. The van der Waals surface area contributed by atoms with Crippen molar-refractivity contribution in [1.29, 1.82) is 0 Å². The Hall–Kier alpha value is -3.31. The van der Waals surface area contributed by atoms with Crippen molar-refractivity contribution in [3.05, 3.63) is 95.6 Å². The van der Waals surface area contributed by atoms with Gasteiger partial charge < -0.3 is 15.3 Å². The van der Waals surface area contributed by atoms with Crippen LogP contribution in [0, 0.1) is 0 Å². The first-order valence-electron chi connectivity index (χ1n) is 11.3. The first-order chi connectivity index (χ1) is 15.7. The number of carbonyl (C=O) groups is 1. The third kappa shape index (κ3) is 5.89. The zero-order valence-corrected chi connectivity index (χ0v) is 18.4. The van der Waals surface area contributed by atoms with Crippen LogP contribution in [-0.4, -0.2) is 42.1 Å². The molecular formula is C27H31N3O2. The molecule has 32 heavy (non-hydrogen) atoms. The second kappa shape index (κ2) is 10.8. The lowest BCUT2D eigenvalue weighted by atomic mass is 10.1. The molecule has 1 aliphatic heterocycles. The molecule has 166 valence electrons. The van der Waals surface area contributed by atoms with Crippen LogP contribution < -0.4 is 10.2 Å². The molecule has 0 aliphatic carbocycles. The largest absolute Gasteiger partial charge is 0.508 e. The molecule has 1 heterocycles. The number of carbonyl (C=O) groups excluding carboxylic acids is 1. The van der Waals surface area contributed by atoms with Crippen molar-refractivity contribution < 1.29 is 9.90 Å². The summed E-state index contributed by atoms with van der Waals surface area (Å²) in [5.41, 5.74) is 4.52. The average molecular weight is 430 g/mol. The van der Waals surface area contributed by atoms with E-state index in [-0.39, 0.29) is 11.7 Å². The third-order valence-corrected chi connectivity index (χ3v) is 6.09. The van der Waals surface area contributed by atoms with Gasteiger partial charge >= 0.3 is 0 Å². The number of rotatable bonds is 8. The summed E-state index contributed by atoms with van der Waals surface area (Å²) in [6, 6.07) is 26.1.